The van der Waals surface area contributed by atoms with E-state index in [9.17, 15) is 18.0 Å². The van der Waals surface area contributed by atoms with Gasteiger partial charge in [0.1, 0.15) is 0 Å². The molecule has 6 heteroatoms. The lowest BCUT2D eigenvalue weighted by molar-refractivity contribution is -0.137. The van der Waals surface area contributed by atoms with Gasteiger partial charge in [0.15, 0.2) is 0 Å². The van der Waals surface area contributed by atoms with Gasteiger partial charge in [-0.05, 0) is 13.0 Å². The lowest BCUT2D eigenvalue weighted by Crippen LogP contribution is -2.08. The van der Waals surface area contributed by atoms with Crippen LogP contribution in [0.3, 0.4) is 0 Å². The van der Waals surface area contributed by atoms with E-state index in [1.807, 2.05) is 0 Å². The largest absolute Gasteiger partial charge is 0.417 e. The van der Waals surface area contributed by atoms with Gasteiger partial charge in [-0.3, -0.25) is 9.78 Å². The van der Waals surface area contributed by atoms with Crippen molar-refractivity contribution in [2.75, 3.05) is 5.32 Å². The minimum atomic E-state index is -4.43. The van der Waals surface area contributed by atoms with E-state index in [1.165, 1.54) is 0 Å². The van der Waals surface area contributed by atoms with Crippen LogP contribution in [0.25, 0.3) is 0 Å². The molecule has 15 heavy (non-hydrogen) atoms. The van der Waals surface area contributed by atoms with Gasteiger partial charge in [-0.15, -0.1) is 0 Å². The molecule has 1 unspecified atom stereocenters. The Bertz CT molecular complexity index is 428. The number of carbonyl (C=O) groups is 1. The number of alkyl halides is 3. The average Bonchev–Trinajstić information content (AvgIpc) is 2.41. The molecule has 0 saturated heterocycles. The summed E-state index contributed by atoms with van der Waals surface area (Å²) < 4.78 is 36.9. The predicted molar refractivity (Wildman–Crippen MR) is 46.3 cm³/mol. The predicted octanol–water partition coefficient (Wildman–Crippen LogP) is 2.16. The van der Waals surface area contributed by atoms with Gasteiger partial charge in [0, 0.05) is 6.20 Å². The van der Waals surface area contributed by atoms with Gasteiger partial charge in [-0.25, -0.2) is 0 Å². The third kappa shape index (κ3) is 1.55. The molecular formula is C9H7F3N2O. The quantitative estimate of drug-likeness (QED) is 0.722. The molecule has 1 atom stereocenters. The number of rotatable bonds is 0. The van der Waals surface area contributed by atoms with Crippen molar-refractivity contribution in [1.82, 2.24) is 4.98 Å². The van der Waals surface area contributed by atoms with Crippen molar-refractivity contribution in [2.45, 2.75) is 19.0 Å². The Morgan fingerprint density at radius 1 is 1.47 bits per heavy atom. The standard InChI is InChI=1S/C9H7F3N2O/c1-4-7-6(14-8(4)15)2-5(3-13-7)9(10,11)12/h2-4H,1H3,(H,14,15). The van der Waals surface area contributed by atoms with Crippen molar-refractivity contribution in [1.29, 1.82) is 0 Å². The Labute approximate surface area is 83.3 Å². The molecule has 1 aliphatic rings. The molecule has 2 heterocycles. The highest BCUT2D eigenvalue weighted by atomic mass is 19.4. The molecule has 1 amide bonds. The van der Waals surface area contributed by atoms with Crippen LogP contribution in [0.1, 0.15) is 24.1 Å². The molecule has 0 aromatic carbocycles. The molecule has 0 fully saturated rings. The Morgan fingerprint density at radius 3 is 2.73 bits per heavy atom. The first-order valence-corrected chi connectivity index (χ1v) is 4.27. The van der Waals surface area contributed by atoms with Crippen molar-refractivity contribution < 1.29 is 18.0 Å². The third-order valence-corrected chi connectivity index (χ3v) is 2.31. The van der Waals surface area contributed by atoms with E-state index in [0.29, 0.717) is 5.69 Å². The second kappa shape index (κ2) is 2.95. The van der Waals surface area contributed by atoms with Crippen LogP contribution in [0.15, 0.2) is 12.3 Å². The number of amides is 1. The summed E-state index contributed by atoms with van der Waals surface area (Å²) in [7, 11) is 0. The third-order valence-electron chi connectivity index (χ3n) is 2.31. The maximum Gasteiger partial charge on any atom is 0.417 e. The summed E-state index contributed by atoms with van der Waals surface area (Å²) in [5.74, 6) is -0.806. The summed E-state index contributed by atoms with van der Waals surface area (Å²) in [6, 6.07) is 0.906. The van der Waals surface area contributed by atoms with Crippen LogP contribution in [0.5, 0.6) is 0 Å². The Hall–Kier alpha value is -1.59. The number of halogens is 3. The van der Waals surface area contributed by atoms with Gasteiger partial charge in [0.05, 0.1) is 22.9 Å². The van der Waals surface area contributed by atoms with E-state index >= 15 is 0 Å². The van der Waals surface area contributed by atoms with Crippen molar-refractivity contribution in [3.63, 3.8) is 0 Å². The molecule has 0 spiro atoms. The van der Waals surface area contributed by atoms with E-state index in [1.54, 1.807) is 6.92 Å². The van der Waals surface area contributed by atoms with Crippen LogP contribution in [0, 0.1) is 0 Å². The Morgan fingerprint density at radius 2 is 2.13 bits per heavy atom. The lowest BCUT2D eigenvalue weighted by Gasteiger charge is -2.07. The van der Waals surface area contributed by atoms with E-state index in [0.717, 1.165) is 12.3 Å². The highest BCUT2D eigenvalue weighted by molar-refractivity contribution is 6.01. The Kier molecular flexibility index (Phi) is 1.95. The monoisotopic (exact) mass is 216 g/mol. The Balaban J connectivity index is 2.47. The molecule has 0 aliphatic carbocycles. The van der Waals surface area contributed by atoms with Gasteiger partial charge in [-0.1, -0.05) is 0 Å². The molecule has 2 rings (SSSR count). The first-order chi connectivity index (χ1) is 6.89. The van der Waals surface area contributed by atoms with Crippen molar-refractivity contribution in [3.8, 4) is 0 Å². The maximum atomic E-state index is 12.3. The number of hydrogen-bond donors (Lipinski definition) is 1. The molecule has 1 aromatic rings. The van der Waals surface area contributed by atoms with Crippen LogP contribution in [0.4, 0.5) is 18.9 Å². The van der Waals surface area contributed by atoms with E-state index in [2.05, 4.69) is 10.3 Å². The number of aromatic nitrogens is 1. The summed E-state index contributed by atoms with van der Waals surface area (Å²) >= 11 is 0. The minimum Gasteiger partial charge on any atom is -0.324 e. The van der Waals surface area contributed by atoms with Crippen LogP contribution < -0.4 is 5.32 Å². The van der Waals surface area contributed by atoms with Crippen molar-refractivity contribution in [3.05, 3.63) is 23.5 Å². The molecule has 3 nitrogen and oxygen atoms in total. The van der Waals surface area contributed by atoms with Crippen LogP contribution in [-0.2, 0) is 11.0 Å². The molecule has 0 radical (unpaired) electrons. The minimum absolute atomic E-state index is 0.155. The second-order valence-corrected chi connectivity index (χ2v) is 3.37. The van der Waals surface area contributed by atoms with Gasteiger partial charge < -0.3 is 5.32 Å². The van der Waals surface area contributed by atoms with Gasteiger partial charge in [0.25, 0.3) is 0 Å². The smallest absolute Gasteiger partial charge is 0.324 e. The van der Waals surface area contributed by atoms with E-state index < -0.39 is 17.7 Å². The number of nitrogens with one attached hydrogen (secondary N) is 1. The first kappa shape index (κ1) is 9.95. The fraction of sp³-hybridized carbons (Fsp3) is 0.333. The van der Waals surface area contributed by atoms with E-state index in [-0.39, 0.29) is 11.6 Å². The molecule has 1 N–H and O–H groups in total. The molecule has 0 bridgehead atoms. The number of hydrogen-bond acceptors (Lipinski definition) is 2. The fourth-order valence-corrected chi connectivity index (χ4v) is 1.44. The summed E-state index contributed by atoms with van der Waals surface area (Å²) in [5, 5.41) is 2.36. The number of nitrogens with zero attached hydrogens (tertiary/aromatic N) is 1. The lowest BCUT2D eigenvalue weighted by atomic mass is 10.1. The highest BCUT2D eigenvalue weighted by Gasteiger charge is 2.35. The number of anilines is 1. The number of fused-ring (bicyclic) bond motifs is 1. The topological polar surface area (TPSA) is 42.0 Å². The fourth-order valence-electron chi connectivity index (χ4n) is 1.44. The zero-order valence-corrected chi connectivity index (χ0v) is 7.72. The molecule has 1 aromatic heterocycles. The van der Waals surface area contributed by atoms with Crippen molar-refractivity contribution in [2.24, 2.45) is 0 Å². The molecular weight excluding hydrogens is 209 g/mol. The molecule has 1 aliphatic heterocycles. The van der Waals surface area contributed by atoms with Gasteiger partial charge in [0.2, 0.25) is 5.91 Å². The zero-order chi connectivity index (χ0) is 11.2. The normalized spacial score (nSPS) is 20.0. The van der Waals surface area contributed by atoms with Crippen LogP contribution >= 0.6 is 0 Å². The highest BCUT2D eigenvalue weighted by Crippen LogP contribution is 2.35. The molecule has 0 saturated carbocycles. The first-order valence-electron chi connectivity index (χ1n) is 4.27. The van der Waals surface area contributed by atoms with Gasteiger partial charge >= 0.3 is 6.18 Å². The number of carbonyl (C=O) groups excluding carboxylic acids is 1. The van der Waals surface area contributed by atoms with Crippen LogP contribution in [-0.4, -0.2) is 10.9 Å². The maximum absolute atomic E-state index is 12.3. The van der Waals surface area contributed by atoms with Gasteiger partial charge in [-0.2, -0.15) is 13.2 Å². The average molecular weight is 216 g/mol. The summed E-state index contributed by atoms with van der Waals surface area (Å²) in [5.41, 5.74) is -0.328. The van der Waals surface area contributed by atoms with Crippen molar-refractivity contribution >= 4 is 11.6 Å². The van der Waals surface area contributed by atoms with E-state index in [4.69, 9.17) is 0 Å². The summed E-state index contributed by atoms with van der Waals surface area (Å²) in [6.45, 7) is 1.60. The SMILES string of the molecule is CC1C(=O)Nc2cc(C(F)(F)F)cnc21. The summed E-state index contributed by atoms with van der Waals surface area (Å²) in [6.07, 6.45) is -3.69. The molecule has 80 valence electrons. The van der Waals surface area contributed by atoms with Crippen LogP contribution in [0.2, 0.25) is 0 Å². The zero-order valence-electron chi connectivity index (χ0n) is 7.72. The summed E-state index contributed by atoms with van der Waals surface area (Å²) in [4.78, 5) is 14.8. The number of pyridine rings is 1. The second-order valence-electron chi connectivity index (χ2n) is 3.37.